The zero-order valence-electron chi connectivity index (χ0n) is 10.9. The number of nitrogens with two attached hydrogens (primary N) is 1. The molecule has 0 atom stereocenters. The van der Waals surface area contributed by atoms with Gasteiger partial charge >= 0.3 is 0 Å². The van der Waals surface area contributed by atoms with Crippen molar-refractivity contribution in [2.24, 2.45) is 0 Å². The first-order chi connectivity index (χ1) is 8.65. The van der Waals surface area contributed by atoms with Crippen LogP contribution in [0.5, 0.6) is 0 Å². The van der Waals surface area contributed by atoms with Crippen LogP contribution >= 0.6 is 11.3 Å². The molecule has 3 nitrogen and oxygen atoms in total. The molecule has 0 fully saturated rings. The Labute approximate surface area is 112 Å². The predicted octanol–water partition coefficient (Wildman–Crippen LogP) is 2.67. The van der Waals surface area contributed by atoms with Gasteiger partial charge in [0.25, 0.3) is 0 Å². The molecule has 1 heterocycles. The Hall–Kier alpha value is -1.39. The summed E-state index contributed by atoms with van der Waals surface area (Å²) in [6.07, 6.45) is 0.978. The van der Waals surface area contributed by atoms with Crippen LogP contribution in [0, 0.1) is 13.8 Å². The second kappa shape index (κ2) is 5.98. The highest BCUT2D eigenvalue weighted by molar-refractivity contribution is 7.09. The topological polar surface area (TPSA) is 50.9 Å². The zero-order valence-corrected chi connectivity index (χ0v) is 11.7. The minimum Gasteiger partial charge on any atom is -0.399 e. The van der Waals surface area contributed by atoms with E-state index in [-0.39, 0.29) is 0 Å². The highest BCUT2D eigenvalue weighted by Gasteiger charge is 1.99. The Morgan fingerprint density at radius 2 is 2.17 bits per heavy atom. The number of hydrogen-bond donors (Lipinski definition) is 2. The molecule has 0 aliphatic rings. The molecule has 3 N–H and O–H groups in total. The van der Waals surface area contributed by atoms with Crippen LogP contribution in [0.15, 0.2) is 23.6 Å². The number of nitrogen functional groups attached to an aromatic ring is 1. The van der Waals surface area contributed by atoms with Gasteiger partial charge in [-0.2, -0.15) is 0 Å². The van der Waals surface area contributed by atoms with Gasteiger partial charge in [0.05, 0.1) is 10.7 Å². The molecule has 0 amide bonds. The molecule has 4 heteroatoms. The first kappa shape index (κ1) is 13.1. The quantitative estimate of drug-likeness (QED) is 0.642. The molecule has 0 bridgehead atoms. The van der Waals surface area contributed by atoms with Crippen LogP contribution in [-0.2, 0) is 13.0 Å². The number of thiazole rings is 1. The Bertz CT molecular complexity index is 520. The molecular weight excluding hydrogens is 242 g/mol. The van der Waals surface area contributed by atoms with E-state index in [1.54, 1.807) is 11.3 Å². The van der Waals surface area contributed by atoms with E-state index in [0.717, 1.165) is 35.8 Å². The minimum absolute atomic E-state index is 0.855. The molecule has 0 spiro atoms. The normalized spacial score (nSPS) is 10.8. The molecule has 0 unspecified atom stereocenters. The molecule has 2 rings (SSSR count). The monoisotopic (exact) mass is 261 g/mol. The van der Waals surface area contributed by atoms with Gasteiger partial charge in [0.15, 0.2) is 0 Å². The van der Waals surface area contributed by atoms with Gasteiger partial charge in [-0.15, -0.1) is 11.3 Å². The van der Waals surface area contributed by atoms with E-state index < -0.39 is 0 Å². The number of hydrogen-bond acceptors (Lipinski definition) is 4. The number of nitrogens with zero attached hydrogens (tertiary/aromatic N) is 1. The van der Waals surface area contributed by atoms with Gasteiger partial charge in [0.1, 0.15) is 0 Å². The Morgan fingerprint density at radius 1 is 1.33 bits per heavy atom. The van der Waals surface area contributed by atoms with E-state index in [0.29, 0.717) is 0 Å². The van der Waals surface area contributed by atoms with Crippen LogP contribution in [0.2, 0.25) is 0 Å². The van der Waals surface area contributed by atoms with Crippen LogP contribution < -0.4 is 11.1 Å². The smallest absolute Gasteiger partial charge is 0.0897 e. The average Bonchev–Trinajstić information content (AvgIpc) is 2.75. The Kier molecular flexibility index (Phi) is 4.33. The minimum atomic E-state index is 0.855. The molecule has 0 saturated carbocycles. The number of rotatable bonds is 5. The van der Waals surface area contributed by atoms with E-state index in [2.05, 4.69) is 27.8 Å². The number of nitrogens with one attached hydrogen (secondary N) is 1. The van der Waals surface area contributed by atoms with E-state index >= 15 is 0 Å². The van der Waals surface area contributed by atoms with Crippen molar-refractivity contribution >= 4 is 17.0 Å². The summed E-state index contributed by atoms with van der Waals surface area (Å²) >= 11 is 1.71. The van der Waals surface area contributed by atoms with E-state index in [4.69, 9.17) is 5.73 Å². The van der Waals surface area contributed by atoms with E-state index in [1.807, 2.05) is 19.9 Å². The largest absolute Gasteiger partial charge is 0.399 e. The number of aromatic nitrogens is 1. The highest BCUT2D eigenvalue weighted by Crippen LogP contribution is 2.12. The lowest BCUT2D eigenvalue weighted by Crippen LogP contribution is -2.17. The SMILES string of the molecule is Cc1nc(CCNCc2ccc(C)c(N)c2)cs1. The first-order valence-electron chi connectivity index (χ1n) is 6.12. The van der Waals surface area contributed by atoms with Crippen LogP contribution in [0.3, 0.4) is 0 Å². The van der Waals surface area contributed by atoms with Crippen molar-refractivity contribution in [3.63, 3.8) is 0 Å². The molecule has 18 heavy (non-hydrogen) atoms. The maximum atomic E-state index is 5.88. The van der Waals surface area contributed by atoms with E-state index in [1.165, 1.54) is 11.3 Å². The summed E-state index contributed by atoms with van der Waals surface area (Å²) in [5.74, 6) is 0. The van der Waals surface area contributed by atoms with Crippen molar-refractivity contribution in [1.29, 1.82) is 0 Å². The van der Waals surface area contributed by atoms with Crippen molar-refractivity contribution in [3.8, 4) is 0 Å². The Balaban J connectivity index is 1.76. The first-order valence-corrected chi connectivity index (χ1v) is 7.00. The fraction of sp³-hybridized carbons (Fsp3) is 0.357. The number of benzene rings is 1. The third kappa shape index (κ3) is 3.55. The lowest BCUT2D eigenvalue weighted by molar-refractivity contribution is 0.681. The molecule has 96 valence electrons. The van der Waals surface area contributed by atoms with Crippen molar-refractivity contribution < 1.29 is 0 Å². The van der Waals surface area contributed by atoms with Gasteiger partial charge in [-0.3, -0.25) is 0 Å². The molecule has 0 saturated heterocycles. The average molecular weight is 261 g/mol. The fourth-order valence-electron chi connectivity index (χ4n) is 1.77. The second-order valence-electron chi connectivity index (χ2n) is 4.48. The fourth-order valence-corrected chi connectivity index (χ4v) is 2.42. The molecule has 0 aliphatic carbocycles. The molecule has 0 aliphatic heterocycles. The molecule has 2 aromatic rings. The maximum Gasteiger partial charge on any atom is 0.0897 e. The number of aryl methyl sites for hydroxylation is 2. The molecule has 1 aromatic carbocycles. The van der Waals surface area contributed by atoms with Crippen LogP contribution in [0.25, 0.3) is 0 Å². The summed E-state index contributed by atoms with van der Waals surface area (Å²) in [7, 11) is 0. The third-order valence-corrected chi connectivity index (χ3v) is 3.72. The lowest BCUT2D eigenvalue weighted by Gasteiger charge is -2.06. The Morgan fingerprint density at radius 3 is 2.83 bits per heavy atom. The summed E-state index contributed by atoms with van der Waals surface area (Å²) < 4.78 is 0. The van der Waals surface area contributed by atoms with Crippen molar-refractivity contribution in [2.45, 2.75) is 26.8 Å². The molecule has 0 radical (unpaired) electrons. The van der Waals surface area contributed by atoms with Gasteiger partial charge in [0.2, 0.25) is 0 Å². The summed E-state index contributed by atoms with van der Waals surface area (Å²) in [6, 6.07) is 6.22. The lowest BCUT2D eigenvalue weighted by atomic mass is 10.1. The maximum absolute atomic E-state index is 5.88. The van der Waals surface area contributed by atoms with Crippen molar-refractivity contribution in [1.82, 2.24) is 10.3 Å². The van der Waals surface area contributed by atoms with Gasteiger partial charge in [-0.25, -0.2) is 4.98 Å². The van der Waals surface area contributed by atoms with Crippen molar-refractivity contribution in [3.05, 3.63) is 45.4 Å². The predicted molar refractivity (Wildman–Crippen MR) is 77.9 cm³/mol. The summed E-state index contributed by atoms with van der Waals surface area (Å²) in [6.45, 7) is 5.86. The number of anilines is 1. The van der Waals surface area contributed by atoms with Gasteiger partial charge < -0.3 is 11.1 Å². The van der Waals surface area contributed by atoms with Gasteiger partial charge in [0, 0.05) is 30.6 Å². The van der Waals surface area contributed by atoms with Crippen LogP contribution in [0.4, 0.5) is 5.69 Å². The summed E-state index contributed by atoms with van der Waals surface area (Å²) in [5.41, 5.74) is 10.3. The van der Waals surface area contributed by atoms with Gasteiger partial charge in [-0.05, 0) is 31.0 Å². The molecular formula is C14H19N3S. The van der Waals surface area contributed by atoms with E-state index in [9.17, 15) is 0 Å². The van der Waals surface area contributed by atoms with Crippen LogP contribution in [0.1, 0.15) is 21.8 Å². The summed E-state index contributed by atoms with van der Waals surface area (Å²) in [5, 5.41) is 6.68. The van der Waals surface area contributed by atoms with Gasteiger partial charge in [-0.1, -0.05) is 12.1 Å². The highest BCUT2D eigenvalue weighted by atomic mass is 32.1. The standard InChI is InChI=1S/C14H19N3S/c1-10-3-4-12(7-14(10)15)8-16-6-5-13-9-18-11(2)17-13/h3-4,7,9,16H,5-6,8,15H2,1-2H3. The summed E-state index contributed by atoms with van der Waals surface area (Å²) in [4.78, 5) is 4.44. The second-order valence-corrected chi connectivity index (χ2v) is 5.54. The third-order valence-electron chi connectivity index (χ3n) is 2.90. The van der Waals surface area contributed by atoms with Crippen molar-refractivity contribution in [2.75, 3.05) is 12.3 Å². The zero-order chi connectivity index (χ0) is 13.0. The molecule has 1 aromatic heterocycles. The van der Waals surface area contributed by atoms with Crippen LogP contribution in [-0.4, -0.2) is 11.5 Å².